The van der Waals surface area contributed by atoms with E-state index in [9.17, 15) is 0 Å². The highest BCUT2D eigenvalue weighted by molar-refractivity contribution is 7.80. The summed E-state index contributed by atoms with van der Waals surface area (Å²) in [6.45, 7) is 11.2. The standard InChI is InChI=1S/C30H36ClN5S/c1-18-13-19(2)17-34(16-18)27-11-10-23(15-25(27)31)36-29(24-14-20(3)35(21(24)4)22-8-9-22)28(33-30(36)37)26-7-5-6-12-32-26/h5-7,10-12,14-15,18-19,22,28-29H,8-9,13,16-17H2,1-4H3,(H,33,37). The van der Waals surface area contributed by atoms with Crippen molar-refractivity contribution in [3.63, 3.8) is 0 Å². The Hall–Kier alpha value is -2.57. The molecule has 1 aromatic carbocycles. The highest BCUT2D eigenvalue weighted by Gasteiger charge is 2.43. The minimum atomic E-state index is -0.0518. The van der Waals surface area contributed by atoms with E-state index in [0.29, 0.717) is 23.0 Å². The lowest BCUT2D eigenvalue weighted by Crippen LogP contribution is -2.38. The smallest absolute Gasteiger partial charge is 0.174 e. The summed E-state index contributed by atoms with van der Waals surface area (Å²) >= 11 is 13.0. The second kappa shape index (κ2) is 9.63. The molecule has 37 heavy (non-hydrogen) atoms. The molecule has 1 N–H and O–H groups in total. The number of aromatic nitrogens is 2. The highest BCUT2D eigenvalue weighted by Crippen LogP contribution is 2.47. The number of piperidine rings is 1. The molecule has 7 heteroatoms. The number of anilines is 2. The van der Waals surface area contributed by atoms with E-state index in [1.165, 1.54) is 36.2 Å². The third kappa shape index (κ3) is 4.52. The van der Waals surface area contributed by atoms with Crippen molar-refractivity contribution in [3.05, 3.63) is 76.3 Å². The predicted molar refractivity (Wildman–Crippen MR) is 157 cm³/mol. The van der Waals surface area contributed by atoms with Crippen molar-refractivity contribution in [1.82, 2.24) is 14.9 Å². The fourth-order valence-corrected chi connectivity index (χ4v) is 7.35. The molecule has 3 fully saturated rings. The van der Waals surface area contributed by atoms with Crippen LogP contribution in [-0.2, 0) is 0 Å². The van der Waals surface area contributed by atoms with Gasteiger partial charge in [-0.05, 0) is 99.1 Å². The number of benzene rings is 1. The number of pyridine rings is 1. The number of aryl methyl sites for hydroxylation is 1. The number of hydrogen-bond donors (Lipinski definition) is 1. The van der Waals surface area contributed by atoms with Crippen molar-refractivity contribution < 1.29 is 0 Å². The van der Waals surface area contributed by atoms with Crippen LogP contribution < -0.4 is 15.1 Å². The molecule has 2 aliphatic heterocycles. The number of nitrogens with zero attached hydrogens (tertiary/aromatic N) is 4. The van der Waals surface area contributed by atoms with Gasteiger partial charge in [-0.3, -0.25) is 4.98 Å². The molecule has 3 aromatic rings. The molecule has 0 bridgehead atoms. The molecule has 2 saturated heterocycles. The average molecular weight is 534 g/mol. The van der Waals surface area contributed by atoms with Gasteiger partial charge in [0.25, 0.3) is 0 Å². The van der Waals surface area contributed by atoms with Crippen LogP contribution in [0.3, 0.4) is 0 Å². The molecule has 5 nitrogen and oxygen atoms in total. The van der Waals surface area contributed by atoms with Crippen LogP contribution in [0.2, 0.25) is 5.02 Å². The summed E-state index contributed by atoms with van der Waals surface area (Å²) in [4.78, 5) is 9.43. The third-order valence-corrected chi connectivity index (χ3v) is 8.89. The van der Waals surface area contributed by atoms with E-state index >= 15 is 0 Å². The van der Waals surface area contributed by atoms with Crippen molar-refractivity contribution in [2.24, 2.45) is 11.8 Å². The summed E-state index contributed by atoms with van der Waals surface area (Å²) < 4.78 is 2.51. The van der Waals surface area contributed by atoms with Crippen LogP contribution in [0.25, 0.3) is 0 Å². The predicted octanol–water partition coefficient (Wildman–Crippen LogP) is 7.15. The molecule has 4 unspecified atom stereocenters. The van der Waals surface area contributed by atoms with Gasteiger partial charge < -0.3 is 19.7 Å². The largest absolute Gasteiger partial charge is 0.370 e. The van der Waals surface area contributed by atoms with E-state index in [1.54, 1.807) is 0 Å². The van der Waals surface area contributed by atoms with Gasteiger partial charge in [0, 0.05) is 42.4 Å². The number of nitrogens with one attached hydrogen (secondary N) is 1. The van der Waals surface area contributed by atoms with Crippen molar-refractivity contribution in [2.45, 2.75) is 65.1 Å². The quantitative estimate of drug-likeness (QED) is 0.352. The monoisotopic (exact) mass is 533 g/mol. The van der Waals surface area contributed by atoms with Crippen LogP contribution in [0.5, 0.6) is 0 Å². The molecular weight excluding hydrogens is 498 g/mol. The molecule has 0 radical (unpaired) electrons. The Bertz CT molecular complexity index is 1310. The summed E-state index contributed by atoms with van der Waals surface area (Å²) in [7, 11) is 0. The third-order valence-electron chi connectivity index (χ3n) is 8.27. The van der Waals surface area contributed by atoms with Gasteiger partial charge in [0.2, 0.25) is 0 Å². The number of hydrogen-bond acceptors (Lipinski definition) is 3. The normalized spacial score (nSPS) is 26.0. The van der Waals surface area contributed by atoms with Gasteiger partial charge in [-0.1, -0.05) is 31.5 Å². The molecular formula is C30H36ClN5S. The number of rotatable bonds is 5. The summed E-state index contributed by atoms with van der Waals surface area (Å²) in [6, 6.07) is 15.5. The number of halogens is 1. The van der Waals surface area contributed by atoms with Gasteiger partial charge in [-0.25, -0.2) is 0 Å². The fourth-order valence-electron chi connectivity index (χ4n) is 6.71. The van der Waals surface area contributed by atoms with Gasteiger partial charge in [0.15, 0.2) is 5.11 Å². The minimum absolute atomic E-state index is 0.0157. The molecule has 0 spiro atoms. The van der Waals surface area contributed by atoms with Crippen LogP contribution in [0.15, 0.2) is 48.7 Å². The van der Waals surface area contributed by atoms with E-state index in [-0.39, 0.29) is 12.1 Å². The molecule has 4 atom stereocenters. The van der Waals surface area contributed by atoms with Gasteiger partial charge in [-0.15, -0.1) is 0 Å². The maximum absolute atomic E-state index is 6.99. The van der Waals surface area contributed by atoms with Crippen LogP contribution in [-0.4, -0.2) is 27.8 Å². The van der Waals surface area contributed by atoms with Crippen molar-refractivity contribution in [3.8, 4) is 0 Å². The minimum Gasteiger partial charge on any atom is -0.370 e. The summed E-state index contributed by atoms with van der Waals surface area (Å²) in [6.07, 6.45) is 5.65. The average Bonchev–Trinajstić information content (AvgIpc) is 3.57. The Labute approximate surface area is 230 Å². The lowest BCUT2D eigenvalue weighted by atomic mass is 9.91. The van der Waals surface area contributed by atoms with E-state index in [2.05, 4.69) is 77.7 Å². The SMILES string of the molecule is Cc1cc(C2C(c3ccccn3)NC(=S)N2c2ccc(N3CC(C)CC(C)C3)c(Cl)c2)c(C)n1C1CC1. The zero-order valence-corrected chi connectivity index (χ0v) is 23.7. The van der Waals surface area contributed by atoms with Crippen LogP contribution >= 0.6 is 23.8 Å². The van der Waals surface area contributed by atoms with Gasteiger partial charge in [0.1, 0.15) is 0 Å². The van der Waals surface area contributed by atoms with Crippen LogP contribution in [0.1, 0.15) is 73.9 Å². The lowest BCUT2D eigenvalue weighted by Gasteiger charge is -2.37. The van der Waals surface area contributed by atoms with Gasteiger partial charge in [-0.2, -0.15) is 0 Å². The maximum atomic E-state index is 6.99. The maximum Gasteiger partial charge on any atom is 0.174 e. The van der Waals surface area contributed by atoms with Crippen LogP contribution in [0, 0.1) is 25.7 Å². The second-order valence-corrected chi connectivity index (χ2v) is 12.2. The first-order valence-corrected chi connectivity index (χ1v) is 14.3. The number of thiocarbonyl (C=S) groups is 1. The van der Waals surface area contributed by atoms with Gasteiger partial charge >= 0.3 is 0 Å². The zero-order valence-electron chi connectivity index (χ0n) is 22.1. The van der Waals surface area contributed by atoms with E-state index in [4.69, 9.17) is 28.8 Å². The van der Waals surface area contributed by atoms with Crippen LogP contribution in [0.4, 0.5) is 11.4 Å². The molecule has 2 aromatic heterocycles. The second-order valence-electron chi connectivity index (χ2n) is 11.4. The molecule has 6 rings (SSSR count). The van der Waals surface area contributed by atoms with E-state index in [1.807, 2.05) is 18.3 Å². The van der Waals surface area contributed by atoms with Crippen molar-refractivity contribution >= 4 is 40.3 Å². The van der Waals surface area contributed by atoms with Gasteiger partial charge in [0.05, 0.1) is 28.5 Å². The molecule has 1 saturated carbocycles. The molecule has 1 aliphatic carbocycles. The Morgan fingerprint density at radius 1 is 1.03 bits per heavy atom. The first kappa shape index (κ1) is 24.7. The molecule has 0 amide bonds. The first-order valence-electron chi connectivity index (χ1n) is 13.5. The van der Waals surface area contributed by atoms with Crippen molar-refractivity contribution in [1.29, 1.82) is 0 Å². The molecule has 4 heterocycles. The summed E-state index contributed by atoms with van der Waals surface area (Å²) in [5.41, 5.74) is 7.06. The summed E-state index contributed by atoms with van der Waals surface area (Å²) in [5, 5.41) is 5.10. The first-order chi connectivity index (χ1) is 17.8. The Balaban J connectivity index is 1.41. The molecule has 194 valence electrons. The fraction of sp³-hybridized carbons (Fsp3) is 0.467. The Morgan fingerprint density at radius 3 is 2.43 bits per heavy atom. The molecule has 3 aliphatic rings. The Kier molecular flexibility index (Phi) is 6.44. The van der Waals surface area contributed by atoms with E-state index in [0.717, 1.165) is 35.2 Å². The summed E-state index contributed by atoms with van der Waals surface area (Å²) in [5.74, 6) is 1.33. The topological polar surface area (TPSA) is 36.3 Å². The zero-order chi connectivity index (χ0) is 25.8. The highest BCUT2D eigenvalue weighted by atomic mass is 35.5. The lowest BCUT2D eigenvalue weighted by molar-refractivity contribution is 0.357. The Morgan fingerprint density at radius 2 is 1.78 bits per heavy atom. The van der Waals surface area contributed by atoms with E-state index < -0.39 is 0 Å². The van der Waals surface area contributed by atoms with Crippen molar-refractivity contribution in [2.75, 3.05) is 22.9 Å².